The van der Waals surface area contributed by atoms with Crippen LogP contribution in [0.5, 0.6) is 0 Å². The highest BCUT2D eigenvalue weighted by atomic mass is 16.6. The lowest BCUT2D eigenvalue weighted by atomic mass is 10.1. The summed E-state index contributed by atoms with van der Waals surface area (Å²) in [5.74, 6) is 0. The molecule has 0 aliphatic carbocycles. The van der Waals surface area contributed by atoms with Gasteiger partial charge in [0, 0.05) is 18.8 Å². The molecule has 0 unspecified atom stereocenters. The molecule has 4 atom stereocenters. The van der Waals surface area contributed by atoms with Crippen molar-refractivity contribution in [3.8, 4) is 0 Å². The van der Waals surface area contributed by atoms with Crippen LogP contribution in [-0.4, -0.2) is 49.4 Å². The van der Waals surface area contributed by atoms with E-state index in [0.717, 1.165) is 41.2 Å². The lowest BCUT2D eigenvalue weighted by Crippen LogP contribution is -2.43. The van der Waals surface area contributed by atoms with Crippen molar-refractivity contribution in [2.24, 2.45) is 0 Å². The lowest BCUT2D eigenvalue weighted by molar-refractivity contribution is -0.0556. The Kier molecular flexibility index (Phi) is 7.37. The molecule has 1 aliphatic rings. The van der Waals surface area contributed by atoms with Crippen molar-refractivity contribution in [1.29, 1.82) is 0 Å². The van der Waals surface area contributed by atoms with Crippen LogP contribution in [0.25, 0.3) is 0 Å². The average Bonchev–Trinajstić information content (AvgIpc) is 2.88. The summed E-state index contributed by atoms with van der Waals surface area (Å²) in [6.07, 6.45) is 2.73. The molecule has 0 aromatic carbocycles. The molecule has 1 saturated heterocycles. The highest BCUT2D eigenvalue weighted by Crippen LogP contribution is 2.27. The maximum atomic E-state index is 12.6. The Hall–Kier alpha value is -1.48. The Labute approximate surface area is 146 Å². The number of aliphatic hydroxyl groups excluding tert-OH is 3. The fourth-order valence-corrected chi connectivity index (χ4v) is 3.09. The van der Waals surface area contributed by atoms with Gasteiger partial charge in [0.25, 0.3) is 5.56 Å². The molecule has 0 radical (unpaired) electrons. The van der Waals surface area contributed by atoms with Gasteiger partial charge in [0.2, 0.25) is 0 Å². The van der Waals surface area contributed by atoms with E-state index in [1.807, 2.05) is 0 Å². The van der Waals surface area contributed by atoms with Gasteiger partial charge in [-0.1, -0.05) is 39.0 Å². The Bertz CT molecular complexity index is 655. The van der Waals surface area contributed by atoms with Crippen molar-refractivity contribution in [2.45, 2.75) is 76.5 Å². The van der Waals surface area contributed by atoms with Gasteiger partial charge in [-0.25, -0.2) is 4.79 Å². The molecule has 25 heavy (non-hydrogen) atoms. The summed E-state index contributed by atoms with van der Waals surface area (Å²) >= 11 is 0. The Morgan fingerprint density at radius 3 is 2.40 bits per heavy atom. The third-order valence-electron chi connectivity index (χ3n) is 4.62. The summed E-state index contributed by atoms with van der Waals surface area (Å²) in [7, 11) is 0. The van der Waals surface area contributed by atoms with E-state index in [1.165, 1.54) is 18.7 Å². The monoisotopic (exact) mass is 356 g/mol. The van der Waals surface area contributed by atoms with E-state index >= 15 is 0 Å². The van der Waals surface area contributed by atoms with Gasteiger partial charge in [0.1, 0.15) is 18.3 Å². The van der Waals surface area contributed by atoms with E-state index < -0.39 is 42.4 Å². The van der Waals surface area contributed by atoms with E-state index in [9.17, 15) is 19.8 Å². The molecule has 1 aromatic rings. The van der Waals surface area contributed by atoms with Gasteiger partial charge in [0.15, 0.2) is 6.23 Å². The minimum atomic E-state index is -1.35. The molecule has 0 saturated carbocycles. The predicted molar refractivity (Wildman–Crippen MR) is 91.3 cm³/mol. The Morgan fingerprint density at radius 2 is 1.76 bits per heavy atom. The number of hydrogen-bond donors (Lipinski definition) is 3. The second kappa shape index (κ2) is 9.28. The summed E-state index contributed by atoms with van der Waals surface area (Å²) < 4.78 is 7.58. The first-order chi connectivity index (χ1) is 12.0. The molecule has 1 aliphatic heterocycles. The van der Waals surface area contributed by atoms with Crippen LogP contribution >= 0.6 is 0 Å². The average molecular weight is 356 g/mol. The molecule has 3 N–H and O–H groups in total. The molecule has 1 aromatic heterocycles. The molecule has 142 valence electrons. The van der Waals surface area contributed by atoms with Gasteiger partial charge >= 0.3 is 5.69 Å². The van der Waals surface area contributed by atoms with Crippen LogP contribution in [0, 0.1) is 0 Å². The van der Waals surface area contributed by atoms with E-state index in [2.05, 4.69) is 6.92 Å². The first kappa shape index (κ1) is 19.8. The number of aliphatic hydroxyl groups is 3. The maximum absolute atomic E-state index is 12.6. The van der Waals surface area contributed by atoms with Gasteiger partial charge in [-0.3, -0.25) is 13.9 Å². The summed E-state index contributed by atoms with van der Waals surface area (Å²) in [4.78, 5) is 24.6. The fraction of sp³-hybridized carbons (Fsp3) is 0.765. The van der Waals surface area contributed by atoms with Crippen molar-refractivity contribution in [1.82, 2.24) is 9.13 Å². The minimum Gasteiger partial charge on any atom is -0.394 e. The smallest absolute Gasteiger partial charge is 0.333 e. The van der Waals surface area contributed by atoms with Crippen LogP contribution in [-0.2, 0) is 11.3 Å². The summed E-state index contributed by atoms with van der Waals surface area (Å²) in [6, 6.07) is 1.24. The Balaban J connectivity index is 2.09. The van der Waals surface area contributed by atoms with E-state index in [1.54, 1.807) is 0 Å². The van der Waals surface area contributed by atoms with Gasteiger partial charge in [0.05, 0.1) is 6.61 Å². The summed E-state index contributed by atoms with van der Waals surface area (Å²) in [6.45, 7) is 1.98. The number of rotatable bonds is 9. The van der Waals surface area contributed by atoms with Gasteiger partial charge in [-0.2, -0.15) is 0 Å². The van der Waals surface area contributed by atoms with Crippen molar-refractivity contribution >= 4 is 0 Å². The Morgan fingerprint density at radius 1 is 1.08 bits per heavy atom. The van der Waals surface area contributed by atoms with Gasteiger partial charge in [-0.05, 0) is 6.42 Å². The number of nitrogens with zero attached hydrogens (tertiary/aromatic N) is 2. The first-order valence-corrected chi connectivity index (χ1v) is 8.95. The van der Waals surface area contributed by atoms with Crippen LogP contribution in [0.15, 0.2) is 21.9 Å². The molecule has 8 heteroatoms. The minimum absolute atomic E-state index is 0.305. The molecular formula is C17H28N2O6. The van der Waals surface area contributed by atoms with Gasteiger partial charge < -0.3 is 20.1 Å². The highest BCUT2D eigenvalue weighted by Gasteiger charge is 2.43. The molecule has 1 fully saturated rings. The van der Waals surface area contributed by atoms with Gasteiger partial charge in [-0.15, -0.1) is 0 Å². The molecule has 0 spiro atoms. The topological polar surface area (TPSA) is 114 Å². The normalized spacial score (nSPS) is 26.2. The van der Waals surface area contributed by atoms with E-state index in [4.69, 9.17) is 9.84 Å². The molecule has 2 rings (SSSR count). The number of ether oxygens (including phenoxy) is 1. The molecular weight excluding hydrogens is 328 g/mol. The van der Waals surface area contributed by atoms with Crippen LogP contribution in [0.2, 0.25) is 0 Å². The molecule has 0 amide bonds. The lowest BCUT2D eigenvalue weighted by Gasteiger charge is -2.18. The zero-order chi connectivity index (χ0) is 18.4. The number of hydrogen-bond acceptors (Lipinski definition) is 6. The number of aromatic nitrogens is 2. The third-order valence-corrected chi connectivity index (χ3v) is 4.62. The molecule has 2 heterocycles. The van der Waals surface area contributed by atoms with Crippen LogP contribution < -0.4 is 11.2 Å². The van der Waals surface area contributed by atoms with Crippen molar-refractivity contribution in [3.63, 3.8) is 0 Å². The first-order valence-electron chi connectivity index (χ1n) is 8.95. The van der Waals surface area contributed by atoms with Crippen molar-refractivity contribution < 1.29 is 20.1 Å². The zero-order valence-electron chi connectivity index (χ0n) is 14.6. The van der Waals surface area contributed by atoms with Crippen LogP contribution in [0.1, 0.15) is 51.7 Å². The summed E-state index contributed by atoms with van der Waals surface area (Å²) in [5.41, 5.74) is -0.988. The zero-order valence-corrected chi connectivity index (χ0v) is 14.6. The quantitative estimate of drug-likeness (QED) is 0.536. The fourth-order valence-electron chi connectivity index (χ4n) is 3.09. The standard InChI is InChI=1S/C17H28N2O6/c1-2-3-4-5-6-7-9-18-13(21)8-10-19(17(18)24)16-15(23)14(22)12(11-20)25-16/h8,10,12,14-16,20,22-23H,2-7,9,11H2,1H3/t12-,14-,15-,16-/m1/s1. The maximum Gasteiger partial charge on any atom is 0.333 e. The largest absolute Gasteiger partial charge is 0.394 e. The highest BCUT2D eigenvalue weighted by molar-refractivity contribution is 4.94. The SMILES string of the molecule is CCCCCCCCn1c(=O)ccn([C@@H]2O[C@H](CO)[C@@H](O)[C@H]2O)c1=O. The number of unbranched alkanes of at least 4 members (excludes halogenated alkanes) is 5. The predicted octanol–water partition coefficient (Wildman–Crippen LogP) is -0.0180. The molecule has 8 nitrogen and oxygen atoms in total. The van der Waals surface area contributed by atoms with Crippen LogP contribution in [0.3, 0.4) is 0 Å². The second-order valence-electron chi connectivity index (χ2n) is 6.49. The van der Waals surface area contributed by atoms with Crippen molar-refractivity contribution in [3.05, 3.63) is 33.1 Å². The summed E-state index contributed by atoms with van der Waals surface area (Å²) in [5, 5.41) is 29.0. The van der Waals surface area contributed by atoms with Crippen molar-refractivity contribution in [2.75, 3.05) is 6.61 Å². The third kappa shape index (κ3) is 4.58. The second-order valence-corrected chi connectivity index (χ2v) is 6.49. The van der Waals surface area contributed by atoms with Crippen LogP contribution in [0.4, 0.5) is 0 Å². The van der Waals surface area contributed by atoms with E-state index in [0.29, 0.717) is 6.54 Å². The molecule has 0 bridgehead atoms. The van der Waals surface area contributed by atoms with E-state index in [-0.39, 0.29) is 0 Å².